The first-order chi connectivity index (χ1) is 8.56. The Labute approximate surface area is 123 Å². The van der Waals surface area contributed by atoms with Crippen LogP contribution in [0.5, 0.6) is 0 Å². The Bertz CT molecular complexity index is 603. The fourth-order valence-electron chi connectivity index (χ4n) is 1.45. The molecule has 0 saturated heterocycles. The normalized spacial score (nSPS) is 10.2. The van der Waals surface area contributed by atoms with E-state index in [4.69, 9.17) is 0 Å². The lowest BCUT2D eigenvalue weighted by Crippen LogP contribution is -2.13. The smallest absolute Gasteiger partial charge is 0.258 e. The maximum absolute atomic E-state index is 13.5. The van der Waals surface area contributed by atoms with Gasteiger partial charge in [0, 0.05) is 14.2 Å². The van der Waals surface area contributed by atoms with E-state index in [0.29, 0.717) is 10.6 Å². The third kappa shape index (κ3) is 3.23. The molecule has 0 heterocycles. The van der Waals surface area contributed by atoms with Gasteiger partial charge in [0.05, 0.1) is 5.56 Å². The number of carbonyl (C=O) groups is 1. The van der Waals surface area contributed by atoms with Crippen molar-refractivity contribution in [2.24, 2.45) is 0 Å². The number of amides is 1. The van der Waals surface area contributed by atoms with Crippen LogP contribution in [0, 0.1) is 9.39 Å². The molecular weight excluding hydrogens is 364 g/mol. The van der Waals surface area contributed by atoms with Gasteiger partial charge >= 0.3 is 0 Å². The number of hydrogen-bond donors (Lipinski definition) is 2. The Morgan fingerprint density at radius 2 is 2.00 bits per heavy atom. The molecule has 2 rings (SSSR count). The lowest BCUT2D eigenvalue weighted by molar-refractivity contribution is 0.102. The van der Waals surface area contributed by atoms with Crippen LogP contribution < -0.4 is 5.32 Å². The molecule has 0 aliphatic heterocycles. The van der Waals surface area contributed by atoms with Crippen LogP contribution in [0.4, 0.5) is 10.1 Å². The van der Waals surface area contributed by atoms with E-state index >= 15 is 0 Å². The molecule has 5 heteroatoms. The van der Waals surface area contributed by atoms with Crippen LogP contribution in [0.1, 0.15) is 10.4 Å². The van der Waals surface area contributed by atoms with Gasteiger partial charge in [0.2, 0.25) is 0 Å². The lowest BCUT2D eigenvalue weighted by Gasteiger charge is -2.07. The van der Waals surface area contributed by atoms with Crippen LogP contribution in [-0.4, -0.2) is 5.91 Å². The third-order valence-electron chi connectivity index (χ3n) is 2.28. The van der Waals surface area contributed by atoms with Crippen molar-refractivity contribution >= 4 is 46.8 Å². The number of thiol groups is 1. The van der Waals surface area contributed by atoms with E-state index < -0.39 is 11.7 Å². The molecule has 0 fully saturated rings. The second-order valence-corrected chi connectivity index (χ2v) is 5.39. The first-order valence-corrected chi connectivity index (χ1v) is 6.64. The zero-order chi connectivity index (χ0) is 13.1. The molecule has 0 saturated carbocycles. The van der Waals surface area contributed by atoms with Crippen molar-refractivity contribution in [3.8, 4) is 0 Å². The number of hydrogen-bond acceptors (Lipinski definition) is 2. The summed E-state index contributed by atoms with van der Waals surface area (Å²) in [6, 6.07) is 11.4. The zero-order valence-corrected chi connectivity index (χ0v) is 12.2. The van der Waals surface area contributed by atoms with Crippen LogP contribution in [0.2, 0.25) is 0 Å². The lowest BCUT2D eigenvalue weighted by atomic mass is 10.2. The fraction of sp³-hybridized carbons (Fsp3) is 0. The van der Waals surface area contributed by atoms with Gasteiger partial charge in [0.15, 0.2) is 0 Å². The van der Waals surface area contributed by atoms with E-state index in [1.807, 2.05) is 12.1 Å². The van der Waals surface area contributed by atoms with E-state index in [1.54, 1.807) is 12.1 Å². The molecular formula is C13H9FINOS. The van der Waals surface area contributed by atoms with Crippen molar-refractivity contribution in [1.82, 2.24) is 0 Å². The molecule has 0 unspecified atom stereocenters. The van der Waals surface area contributed by atoms with Crippen LogP contribution in [0.3, 0.4) is 0 Å². The predicted octanol–water partition coefficient (Wildman–Crippen LogP) is 3.97. The Hall–Kier alpha value is -1.08. The summed E-state index contributed by atoms with van der Waals surface area (Å²) in [6.45, 7) is 0. The Kier molecular flexibility index (Phi) is 4.23. The molecule has 0 spiro atoms. The summed E-state index contributed by atoms with van der Waals surface area (Å²) >= 11 is 6.23. The average molecular weight is 373 g/mol. The van der Waals surface area contributed by atoms with E-state index in [0.717, 1.165) is 3.57 Å². The van der Waals surface area contributed by atoms with Gasteiger partial charge in [-0.2, -0.15) is 0 Å². The van der Waals surface area contributed by atoms with Crippen molar-refractivity contribution < 1.29 is 9.18 Å². The quantitative estimate of drug-likeness (QED) is 0.606. The van der Waals surface area contributed by atoms with Gasteiger partial charge in [-0.1, -0.05) is 6.07 Å². The van der Waals surface area contributed by atoms with Crippen molar-refractivity contribution in [1.29, 1.82) is 0 Å². The highest BCUT2D eigenvalue weighted by Crippen LogP contribution is 2.17. The maximum Gasteiger partial charge on any atom is 0.258 e. The largest absolute Gasteiger partial charge is 0.322 e. The summed E-state index contributed by atoms with van der Waals surface area (Å²) in [5, 5.41) is 2.65. The first kappa shape index (κ1) is 13.4. The van der Waals surface area contributed by atoms with Crippen molar-refractivity contribution in [2.45, 2.75) is 4.90 Å². The minimum absolute atomic E-state index is 0.0126. The number of halogens is 2. The van der Waals surface area contributed by atoms with Gasteiger partial charge in [-0.25, -0.2) is 4.39 Å². The number of carbonyl (C=O) groups excluding carboxylic acids is 1. The standard InChI is InChI=1S/C13H9FINOS/c14-12-5-4-10(18)7-11(12)13(17)16-9-3-1-2-8(15)6-9/h1-7,18H,(H,16,17). The van der Waals surface area contributed by atoms with Crippen LogP contribution in [-0.2, 0) is 0 Å². The minimum Gasteiger partial charge on any atom is -0.322 e. The topological polar surface area (TPSA) is 29.1 Å². The van der Waals surface area contributed by atoms with Gasteiger partial charge in [-0.3, -0.25) is 4.79 Å². The van der Waals surface area contributed by atoms with E-state index in [9.17, 15) is 9.18 Å². The highest BCUT2D eigenvalue weighted by molar-refractivity contribution is 14.1. The molecule has 0 aliphatic rings. The molecule has 0 bridgehead atoms. The Morgan fingerprint density at radius 3 is 2.72 bits per heavy atom. The molecule has 0 radical (unpaired) electrons. The molecule has 2 nitrogen and oxygen atoms in total. The molecule has 0 atom stereocenters. The summed E-state index contributed by atoms with van der Waals surface area (Å²) in [7, 11) is 0. The summed E-state index contributed by atoms with van der Waals surface area (Å²) in [4.78, 5) is 12.5. The Balaban J connectivity index is 2.24. The minimum atomic E-state index is -0.559. The maximum atomic E-state index is 13.5. The van der Waals surface area contributed by atoms with Gasteiger partial charge < -0.3 is 5.32 Å². The molecule has 2 aromatic carbocycles. The number of nitrogens with one attached hydrogen (secondary N) is 1. The van der Waals surface area contributed by atoms with Gasteiger partial charge in [-0.15, -0.1) is 12.6 Å². The van der Waals surface area contributed by atoms with Crippen molar-refractivity contribution in [2.75, 3.05) is 5.32 Å². The second-order valence-electron chi connectivity index (χ2n) is 3.63. The highest BCUT2D eigenvalue weighted by atomic mass is 127. The van der Waals surface area contributed by atoms with Gasteiger partial charge in [0.1, 0.15) is 5.82 Å². The van der Waals surface area contributed by atoms with Crippen LogP contribution >= 0.6 is 35.2 Å². The predicted molar refractivity (Wildman–Crippen MR) is 80.8 cm³/mol. The summed E-state index contributed by atoms with van der Waals surface area (Å²) in [6.07, 6.45) is 0. The van der Waals surface area contributed by atoms with E-state index in [1.165, 1.54) is 18.2 Å². The fourth-order valence-corrected chi connectivity index (χ4v) is 2.20. The second kappa shape index (κ2) is 5.71. The molecule has 92 valence electrons. The third-order valence-corrected chi connectivity index (χ3v) is 3.23. The average Bonchev–Trinajstić information content (AvgIpc) is 2.32. The number of benzene rings is 2. The monoisotopic (exact) mass is 373 g/mol. The molecule has 2 aromatic rings. The zero-order valence-electron chi connectivity index (χ0n) is 9.15. The van der Waals surface area contributed by atoms with Crippen LogP contribution in [0.15, 0.2) is 47.4 Å². The molecule has 0 aromatic heterocycles. The molecule has 1 N–H and O–H groups in total. The summed E-state index contributed by atoms with van der Waals surface area (Å²) in [5.41, 5.74) is 0.622. The van der Waals surface area contributed by atoms with E-state index in [-0.39, 0.29) is 5.56 Å². The Morgan fingerprint density at radius 1 is 1.22 bits per heavy atom. The first-order valence-electron chi connectivity index (χ1n) is 5.12. The van der Waals surface area contributed by atoms with Gasteiger partial charge in [0.25, 0.3) is 5.91 Å². The number of rotatable bonds is 2. The summed E-state index contributed by atoms with van der Waals surface area (Å²) in [5.74, 6) is -1.04. The SMILES string of the molecule is O=C(Nc1cccc(I)c1)c1cc(S)ccc1F. The van der Waals surface area contributed by atoms with E-state index in [2.05, 4.69) is 40.5 Å². The van der Waals surface area contributed by atoms with Crippen molar-refractivity contribution in [3.05, 3.63) is 57.4 Å². The van der Waals surface area contributed by atoms with Gasteiger partial charge in [-0.05, 0) is 59.0 Å². The highest BCUT2D eigenvalue weighted by Gasteiger charge is 2.12. The molecule has 18 heavy (non-hydrogen) atoms. The molecule has 0 aliphatic carbocycles. The number of anilines is 1. The summed E-state index contributed by atoms with van der Waals surface area (Å²) < 4.78 is 14.5. The molecule has 1 amide bonds. The van der Waals surface area contributed by atoms with Crippen LogP contribution in [0.25, 0.3) is 0 Å². The van der Waals surface area contributed by atoms with Crippen molar-refractivity contribution in [3.63, 3.8) is 0 Å².